The van der Waals surface area contributed by atoms with Crippen LogP contribution in [0.25, 0.3) is 33.4 Å². The number of fused-ring (bicyclic) bond motifs is 3. The third-order valence-electron chi connectivity index (χ3n) is 13.0. The van der Waals surface area contributed by atoms with Crippen LogP contribution < -0.4 is 20.6 Å². The van der Waals surface area contributed by atoms with E-state index in [9.17, 15) is 0 Å². The van der Waals surface area contributed by atoms with Crippen molar-refractivity contribution in [2.45, 2.75) is 96.3 Å². The maximum atomic E-state index is 2.69. The minimum Gasteiger partial charge on any atom is -0.301 e. The van der Waals surface area contributed by atoms with Gasteiger partial charge in [-0.1, -0.05) is 222 Å². The van der Waals surface area contributed by atoms with Gasteiger partial charge in [-0.05, 0) is 80.8 Å². The Morgan fingerprint density at radius 1 is 0.466 bits per heavy atom. The van der Waals surface area contributed by atoms with Crippen molar-refractivity contribution in [3.05, 3.63) is 169 Å². The first-order valence-corrected chi connectivity index (χ1v) is 23.0. The minimum atomic E-state index is 0.0928. The number of rotatable bonds is 18. The van der Waals surface area contributed by atoms with Gasteiger partial charge in [-0.25, -0.2) is 0 Å². The van der Waals surface area contributed by atoms with E-state index in [1.165, 1.54) is 131 Å². The summed E-state index contributed by atoms with van der Waals surface area (Å²) in [6.07, 6.45) is 15.7. The first kappa shape index (κ1) is 38.4. The standard InChI is InChI=1S/C55H56BNS/c1-3-5-7-9-23-37-55(38-24-10-8-6-4-2)49-39-43-33-35-47(49)48-36-34-44(40-50(48)55)56(43)53-51(41-25-15-11-16-26-41)52(42-27-17-12-18-28-42)54(58-53)57(45-29-19-13-20-30-45)46-31-21-14-22-32-46/h11-22,25-36,39-40H,3-10,23-24,37-38H2,1-2H3. The van der Waals surface area contributed by atoms with Crippen LogP contribution in [0.4, 0.5) is 16.4 Å². The van der Waals surface area contributed by atoms with Crippen molar-refractivity contribution in [3.8, 4) is 33.4 Å². The molecular weight excluding hydrogens is 717 g/mol. The van der Waals surface area contributed by atoms with Crippen molar-refractivity contribution in [1.29, 1.82) is 0 Å². The number of para-hydroxylation sites is 2. The first-order chi connectivity index (χ1) is 28.7. The summed E-state index contributed by atoms with van der Waals surface area (Å²) in [6.45, 7) is 4.75. The molecule has 4 bridgehead atoms. The molecule has 0 fully saturated rings. The smallest absolute Gasteiger partial charge is 0.254 e. The zero-order valence-electron chi connectivity index (χ0n) is 34.4. The van der Waals surface area contributed by atoms with Gasteiger partial charge in [-0.3, -0.25) is 0 Å². The summed E-state index contributed by atoms with van der Waals surface area (Å²) in [6, 6.07) is 59.6. The van der Waals surface area contributed by atoms with Gasteiger partial charge in [0.15, 0.2) is 0 Å². The fraction of sp³-hybridized carbons (Fsp3) is 0.273. The Morgan fingerprint density at radius 2 is 0.897 bits per heavy atom. The van der Waals surface area contributed by atoms with Crippen LogP contribution in [0, 0.1) is 0 Å². The quantitative estimate of drug-likeness (QED) is 0.0620. The van der Waals surface area contributed by atoms with Gasteiger partial charge in [-0.2, -0.15) is 0 Å². The topological polar surface area (TPSA) is 3.24 Å². The largest absolute Gasteiger partial charge is 0.301 e. The van der Waals surface area contributed by atoms with Gasteiger partial charge in [0.1, 0.15) is 5.00 Å². The summed E-state index contributed by atoms with van der Waals surface area (Å²) < 4.78 is 1.41. The Morgan fingerprint density at radius 3 is 1.36 bits per heavy atom. The first-order valence-electron chi connectivity index (χ1n) is 22.2. The molecule has 1 aliphatic heterocycles. The highest BCUT2D eigenvalue weighted by Gasteiger charge is 2.45. The number of hydrogen-bond donors (Lipinski definition) is 0. The predicted molar refractivity (Wildman–Crippen MR) is 254 cm³/mol. The normalized spacial score (nSPS) is 13.2. The Hall–Kier alpha value is -5.12. The third kappa shape index (κ3) is 7.17. The average Bonchev–Trinajstić information content (AvgIpc) is 3.83. The minimum absolute atomic E-state index is 0.0928. The average molecular weight is 774 g/mol. The Bertz CT molecular complexity index is 2330. The molecule has 6 aromatic carbocycles. The van der Waals surface area contributed by atoms with Gasteiger partial charge in [-0.15, -0.1) is 11.3 Å². The highest BCUT2D eigenvalue weighted by atomic mass is 32.1. The fourth-order valence-corrected chi connectivity index (χ4v) is 11.8. The van der Waals surface area contributed by atoms with E-state index in [0.29, 0.717) is 0 Å². The van der Waals surface area contributed by atoms with Crippen LogP contribution in [0.5, 0.6) is 0 Å². The van der Waals surface area contributed by atoms with Gasteiger partial charge >= 0.3 is 0 Å². The van der Waals surface area contributed by atoms with Gasteiger partial charge < -0.3 is 4.90 Å². The lowest BCUT2D eigenvalue weighted by Gasteiger charge is -2.35. The molecule has 0 spiro atoms. The van der Waals surface area contributed by atoms with Crippen LogP contribution in [0.15, 0.2) is 158 Å². The molecule has 2 heterocycles. The maximum Gasteiger partial charge on any atom is 0.254 e. The van der Waals surface area contributed by atoms with E-state index in [-0.39, 0.29) is 12.1 Å². The molecule has 0 saturated carbocycles. The summed E-state index contributed by atoms with van der Waals surface area (Å²) in [5, 5.41) is 1.25. The molecule has 9 rings (SSSR count). The lowest BCUT2D eigenvalue weighted by molar-refractivity contribution is 0.399. The van der Waals surface area contributed by atoms with Gasteiger partial charge in [0, 0.05) is 22.4 Å². The van der Waals surface area contributed by atoms with Crippen molar-refractivity contribution >= 4 is 50.1 Å². The number of anilines is 3. The van der Waals surface area contributed by atoms with Crippen LogP contribution in [0.1, 0.15) is 102 Å². The molecule has 0 saturated heterocycles. The zero-order valence-corrected chi connectivity index (χ0v) is 35.2. The van der Waals surface area contributed by atoms with Crippen LogP contribution in [-0.4, -0.2) is 6.71 Å². The maximum absolute atomic E-state index is 2.69. The van der Waals surface area contributed by atoms with E-state index in [4.69, 9.17) is 0 Å². The second kappa shape index (κ2) is 17.4. The molecule has 290 valence electrons. The predicted octanol–water partition coefficient (Wildman–Crippen LogP) is 14.4. The lowest BCUT2D eigenvalue weighted by atomic mass is 9.38. The Kier molecular flexibility index (Phi) is 11.5. The fourth-order valence-electron chi connectivity index (χ4n) is 10.2. The molecule has 0 unspecified atom stereocenters. The second-order valence-corrected chi connectivity index (χ2v) is 17.7. The van der Waals surface area contributed by atoms with E-state index in [0.717, 1.165) is 11.4 Å². The van der Waals surface area contributed by atoms with Crippen molar-refractivity contribution < 1.29 is 0 Å². The van der Waals surface area contributed by atoms with E-state index in [2.05, 4.69) is 176 Å². The number of nitrogens with zero attached hydrogens (tertiary/aromatic N) is 1. The van der Waals surface area contributed by atoms with E-state index in [1.807, 2.05) is 11.3 Å². The van der Waals surface area contributed by atoms with Gasteiger partial charge in [0.05, 0.1) is 0 Å². The molecule has 7 aromatic rings. The van der Waals surface area contributed by atoms with E-state index >= 15 is 0 Å². The molecule has 0 N–H and O–H groups in total. The highest BCUT2D eigenvalue weighted by molar-refractivity contribution is 7.31. The Balaban J connectivity index is 1.27. The molecule has 0 atom stereocenters. The summed E-state index contributed by atoms with van der Waals surface area (Å²) >= 11 is 1.98. The van der Waals surface area contributed by atoms with Crippen molar-refractivity contribution in [2.24, 2.45) is 0 Å². The summed E-state index contributed by atoms with van der Waals surface area (Å²) in [5.74, 6) is 0. The molecule has 1 aromatic heterocycles. The summed E-state index contributed by atoms with van der Waals surface area (Å²) in [5.41, 5.74) is 16.6. The summed E-state index contributed by atoms with van der Waals surface area (Å²) in [7, 11) is 0. The third-order valence-corrected chi connectivity index (χ3v) is 14.3. The highest BCUT2D eigenvalue weighted by Crippen LogP contribution is 2.55. The lowest BCUT2D eigenvalue weighted by Crippen LogP contribution is -2.52. The van der Waals surface area contributed by atoms with E-state index in [1.54, 1.807) is 11.1 Å². The number of unbranched alkanes of at least 4 members (excludes halogenated alkanes) is 8. The molecule has 0 amide bonds. The molecule has 1 nitrogen and oxygen atoms in total. The van der Waals surface area contributed by atoms with Crippen LogP contribution >= 0.6 is 11.3 Å². The molecule has 58 heavy (non-hydrogen) atoms. The molecule has 1 aliphatic carbocycles. The van der Waals surface area contributed by atoms with Crippen LogP contribution in [-0.2, 0) is 5.41 Å². The number of thiophene rings is 1. The van der Waals surface area contributed by atoms with Crippen LogP contribution in [0.3, 0.4) is 0 Å². The summed E-state index contributed by atoms with van der Waals surface area (Å²) in [4.78, 5) is 2.50. The van der Waals surface area contributed by atoms with Gasteiger partial charge in [0.2, 0.25) is 0 Å². The van der Waals surface area contributed by atoms with Crippen molar-refractivity contribution in [3.63, 3.8) is 0 Å². The molecule has 2 aliphatic rings. The SMILES string of the molecule is CCCCCCCC1(CCCCCCC)c2cc3ccc2-c2ccc(cc21)B3c1sc(N(c2ccccc2)c2ccccc2)c(-c2ccccc2)c1-c1ccccc1. The number of hydrogen-bond acceptors (Lipinski definition) is 2. The molecule has 3 heteroatoms. The van der Waals surface area contributed by atoms with Crippen LogP contribution in [0.2, 0.25) is 0 Å². The van der Waals surface area contributed by atoms with Gasteiger partial charge in [0.25, 0.3) is 6.71 Å². The molecular formula is C55H56BNS. The second-order valence-electron chi connectivity index (χ2n) is 16.7. The van der Waals surface area contributed by atoms with Crippen molar-refractivity contribution in [1.82, 2.24) is 0 Å². The van der Waals surface area contributed by atoms with Crippen molar-refractivity contribution in [2.75, 3.05) is 4.90 Å². The zero-order chi connectivity index (χ0) is 39.3. The number of benzene rings is 6. The Labute approximate surface area is 351 Å². The molecule has 0 radical (unpaired) electrons. The monoisotopic (exact) mass is 773 g/mol. The van der Waals surface area contributed by atoms with E-state index < -0.39 is 0 Å².